The Morgan fingerprint density at radius 2 is 1.79 bits per heavy atom. The number of hydrogen-bond acceptors (Lipinski definition) is 3. The van der Waals surface area contributed by atoms with Gasteiger partial charge in [-0.1, -0.05) is 42.5 Å². The van der Waals surface area contributed by atoms with E-state index in [-0.39, 0.29) is 6.29 Å². The molecule has 3 rings (SSSR count). The summed E-state index contributed by atoms with van der Waals surface area (Å²) in [6.45, 7) is 1.25. The third-order valence-electron chi connectivity index (χ3n) is 3.18. The lowest BCUT2D eigenvalue weighted by Gasteiger charge is -2.11. The zero-order valence-corrected chi connectivity index (χ0v) is 10.4. The zero-order chi connectivity index (χ0) is 13.1. The van der Waals surface area contributed by atoms with Crippen LogP contribution in [0.25, 0.3) is 11.1 Å². The van der Waals surface area contributed by atoms with Crippen molar-refractivity contribution in [3.63, 3.8) is 0 Å². The first-order valence-corrected chi connectivity index (χ1v) is 6.26. The molecule has 96 valence electrons. The van der Waals surface area contributed by atoms with Crippen LogP contribution in [-0.2, 0) is 9.47 Å². The second-order valence-corrected chi connectivity index (χ2v) is 4.40. The Bertz CT molecular complexity index is 586. The van der Waals surface area contributed by atoms with Crippen molar-refractivity contribution < 1.29 is 14.3 Å². The Hall–Kier alpha value is -1.97. The number of ether oxygens (including phenoxy) is 2. The van der Waals surface area contributed by atoms with Crippen LogP contribution in [0, 0.1) is 0 Å². The summed E-state index contributed by atoms with van der Waals surface area (Å²) in [6.07, 6.45) is 0.591. The highest BCUT2D eigenvalue weighted by Crippen LogP contribution is 2.29. The van der Waals surface area contributed by atoms with Crippen LogP contribution in [0.1, 0.15) is 22.2 Å². The van der Waals surface area contributed by atoms with Gasteiger partial charge >= 0.3 is 0 Å². The van der Waals surface area contributed by atoms with E-state index in [1.54, 1.807) is 0 Å². The summed E-state index contributed by atoms with van der Waals surface area (Å²) in [5, 5.41) is 0. The number of rotatable bonds is 3. The van der Waals surface area contributed by atoms with Gasteiger partial charge in [-0.05, 0) is 17.2 Å². The molecule has 1 aliphatic heterocycles. The Labute approximate surface area is 111 Å². The van der Waals surface area contributed by atoms with Gasteiger partial charge in [-0.15, -0.1) is 0 Å². The summed E-state index contributed by atoms with van der Waals surface area (Å²) in [4.78, 5) is 11.1. The number of aldehydes is 1. The van der Waals surface area contributed by atoms with Crippen LogP contribution in [0.5, 0.6) is 0 Å². The third-order valence-corrected chi connectivity index (χ3v) is 3.18. The Morgan fingerprint density at radius 1 is 1.00 bits per heavy atom. The van der Waals surface area contributed by atoms with Gasteiger partial charge in [-0.25, -0.2) is 0 Å². The molecule has 2 aromatic carbocycles. The highest BCUT2D eigenvalue weighted by molar-refractivity contribution is 5.87. The van der Waals surface area contributed by atoms with Crippen molar-refractivity contribution in [2.75, 3.05) is 13.2 Å². The molecule has 0 unspecified atom stereocenters. The Morgan fingerprint density at radius 3 is 2.58 bits per heavy atom. The molecule has 3 nitrogen and oxygen atoms in total. The molecule has 0 bridgehead atoms. The zero-order valence-electron chi connectivity index (χ0n) is 10.4. The summed E-state index contributed by atoms with van der Waals surface area (Å²) in [6, 6.07) is 15.5. The standard InChI is InChI=1S/C16H14O3/c17-11-14-4-1-2-7-15(14)12-5-3-6-13(10-12)16-18-8-9-19-16/h1-7,10-11,16H,8-9H2. The molecule has 0 amide bonds. The van der Waals surface area contributed by atoms with E-state index in [1.165, 1.54) is 0 Å². The van der Waals surface area contributed by atoms with Crippen molar-refractivity contribution in [1.82, 2.24) is 0 Å². The van der Waals surface area contributed by atoms with E-state index in [2.05, 4.69) is 0 Å². The predicted molar refractivity (Wildman–Crippen MR) is 71.9 cm³/mol. The first-order chi connectivity index (χ1) is 9.38. The minimum atomic E-state index is -0.289. The molecule has 1 saturated heterocycles. The van der Waals surface area contributed by atoms with Gasteiger partial charge in [-0.2, -0.15) is 0 Å². The molecular weight excluding hydrogens is 240 g/mol. The molecule has 0 atom stereocenters. The maximum atomic E-state index is 11.1. The van der Waals surface area contributed by atoms with Crippen molar-refractivity contribution in [2.24, 2.45) is 0 Å². The summed E-state index contributed by atoms with van der Waals surface area (Å²) in [5.74, 6) is 0. The minimum Gasteiger partial charge on any atom is -0.346 e. The summed E-state index contributed by atoms with van der Waals surface area (Å²) in [7, 11) is 0. The van der Waals surface area contributed by atoms with Gasteiger partial charge in [0.15, 0.2) is 12.6 Å². The smallest absolute Gasteiger partial charge is 0.184 e. The second-order valence-electron chi connectivity index (χ2n) is 4.40. The van der Waals surface area contributed by atoms with E-state index in [9.17, 15) is 4.79 Å². The highest BCUT2D eigenvalue weighted by atomic mass is 16.7. The van der Waals surface area contributed by atoms with Gasteiger partial charge in [0.25, 0.3) is 0 Å². The van der Waals surface area contributed by atoms with E-state index in [1.807, 2.05) is 48.5 Å². The lowest BCUT2D eigenvalue weighted by atomic mass is 9.98. The van der Waals surface area contributed by atoms with Crippen LogP contribution in [0.4, 0.5) is 0 Å². The normalized spacial score (nSPS) is 15.6. The SMILES string of the molecule is O=Cc1ccccc1-c1cccc(C2OCCO2)c1. The molecule has 0 N–H and O–H groups in total. The molecule has 1 fully saturated rings. The van der Waals surface area contributed by atoms with Crippen molar-refractivity contribution in [3.05, 3.63) is 59.7 Å². The third kappa shape index (κ3) is 2.43. The highest BCUT2D eigenvalue weighted by Gasteiger charge is 2.18. The molecule has 0 saturated carbocycles. The molecule has 1 heterocycles. The lowest BCUT2D eigenvalue weighted by Crippen LogP contribution is -1.98. The molecule has 1 aliphatic rings. The quantitative estimate of drug-likeness (QED) is 0.789. The van der Waals surface area contributed by atoms with E-state index in [0.717, 1.165) is 23.0 Å². The maximum Gasteiger partial charge on any atom is 0.184 e. The average molecular weight is 254 g/mol. The molecular formula is C16H14O3. The van der Waals surface area contributed by atoms with Crippen LogP contribution in [-0.4, -0.2) is 19.5 Å². The lowest BCUT2D eigenvalue weighted by molar-refractivity contribution is -0.0440. The van der Waals surface area contributed by atoms with Crippen LogP contribution in [0.15, 0.2) is 48.5 Å². The molecule has 0 radical (unpaired) electrons. The fourth-order valence-corrected chi connectivity index (χ4v) is 2.27. The first-order valence-electron chi connectivity index (χ1n) is 6.26. The van der Waals surface area contributed by atoms with Crippen LogP contribution >= 0.6 is 0 Å². The second kappa shape index (κ2) is 5.34. The molecule has 0 aromatic heterocycles. The Kier molecular flexibility index (Phi) is 3.40. The summed E-state index contributed by atoms with van der Waals surface area (Å²) < 4.78 is 11.0. The Balaban J connectivity index is 2.00. The van der Waals surface area contributed by atoms with Gasteiger partial charge in [-0.3, -0.25) is 4.79 Å². The molecule has 0 spiro atoms. The monoisotopic (exact) mass is 254 g/mol. The molecule has 3 heteroatoms. The topological polar surface area (TPSA) is 35.5 Å². The maximum absolute atomic E-state index is 11.1. The van der Waals surface area contributed by atoms with Crippen LogP contribution in [0.2, 0.25) is 0 Å². The molecule has 19 heavy (non-hydrogen) atoms. The number of hydrogen-bond donors (Lipinski definition) is 0. The summed E-state index contributed by atoms with van der Waals surface area (Å²) >= 11 is 0. The fourth-order valence-electron chi connectivity index (χ4n) is 2.27. The average Bonchev–Trinajstić information content (AvgIpc) is 3.01. The van der Waals surface area contributed by atoms with Crippen molar-refractivity contribution in [3.8, 4) is 11.1 Å². The predicted octanol–water partition coefficient (Wildman–Crippen LogP) is 3.21. The van der Waals surface area contributed by atoms with Gasteiger partial charge in [0, 0.05) is 11.1 Å². The van der Waals surface area contributed by atoms with E-state index >= 15 is 0 Å². The van der Waals surface area contributed by atoms with Gasteiger partial charge in [0.2, 0.25) is 0 Å². The minimum absolute atomic E-state index is 0.289. The van der Waals surface area contributed by atoms with E-state index in [0.29, 0.717) is 18.8 Å². The van der Waals surface area contributed by atoms with Crippen molar-refractivity contribution >= 4 is 6.29 Å². The van der Waals surface area contributed by atoms with Gasteiger partial charge in [0.1, 0.15) is 0 Å². The number of carbonyl (C=O) groups excluding carboxylic acids is 1. The van der Waals surface area contributed by atoms with Gasteiger partial charge in [0.05, 0.1) is 13.2 Å². The molecule has 0 aliphatic carbocycles. The fraction of sp³-hybridized carbons (Fsp3) is 0.188. The van der Waals surface area contributed by atoms with Crippen molar-refractivity contribution in [2.45, 2.75) is 6.29 Å². The van der Waals surface area contributed by atoms with Crippen molar-refractivity contribution in [1.29, 1.82) is 0 Å². The number of carbonyl (C=O) groups is 1. The van der Waals surface area contributed by atoms with E-state index in [4.69, 9.17) is 9.47 Å². The van der Waals surface area contributed by atoms with Crippen LogP contribution in [0.3, 0.4) is 0 Å². The van der Waals surface area contributed by atoms with E-state index < -0.39 is 0 Å². The van der Waals surface area contributed by atoms with Crippen LogP contribution < -0.4 is 0 Å². The number of benzene rings is 2. The van der Waals surface area contributed by atoms with Gasteiger partial charge < -0.3 is 9.47 Å². The first kappa shape index (κ1) is 12.1. The largest absolute Gasteiger partial charge is 0.346 e. The summed E-state index contributed by atoms with van der Waals surface area (Å²) in [5.41, 5.74) is 3.60. The molecule has 2 aromatic rings.